The van der Waals surface area contributed by atoms with Crippen molar-refractivity contribution in [2.75, 3.05) is 6.54 Å². The molecule has 1 nitrogen and oxygen atoms in total. The fraction of sp³-hybridized carbons (Fsp3) is 0.667. The van der Waals surface area contributed by atoms with Crippen molar-refractivity contribution in [3.8, 4) is 0 Å². The van der Waals surface area contributed by atoms with E-state index in [0.717, 1.165) is 6.54 Å². The molecule has 1 rings (SSSR count). The number of nitrogens with zero attached hydrogens (tertiary/aromatic N) is 1. The largest absolute Gasteiger partial charge is 0.293 e. The molecule has 1 aliphatic heterocycles. The van der Waals surface area contributed by atoms with Crippen LogP contribution in [0.15, 0.2) is 16.6 Å². The molecule has 0 aliphatic carbocycles. The molecule has 0 amide bonds. The van der Waals surface area contributed by atoms with Crippen LogP contribution < -0.4 is 0 Å². The van der Waals surface area contributed by atoms with Gasteiger partial charge in [-0.15, -0.1) is 0 Å². The average molecular weight is 137 g/mol. The summed E-state index contributed by atoms with van der Waals surface area (Å²) < 4.78 is 0. The average Bonchev–Trinajstić information content (AvgIpc) is 2.03. The van der Waals surface area contributed by atoms with Crippen molar-refractivity contribution in [2.45, 2.75) is 32.6 Å². The van der Waals surface area contributed by atoms with E-state index in [0.29, 0.717) is 0 Å². The molecule has 1 aliphatic rings. The Morgan fingerprint density at radius 1 is 1.70 bits per heavy atom. The summed E-state index contributed by atoms with van der Waals surface area (Å²) in [4.78, 5) is 4.22. The molecule has 0 unspecified atom stereocenters. The molecule has 1 heteroatoms. The Labute approximate surface area is 62.9 Å². The number of rotatable bonds is 2. The van der Waals surface area contributed by atoms with Crippen molar-refractivity contribution in [1.82, 2.24) is 0 Å². The molecule has 0 bridgehead atoms. The molecular weight excluding hydrogens is 122 g/mol. The summed E-state index contributed by atoms with van der Waals surface area (Å²) in [5.41, 5.74) is 1.44. The fourth-order valence-corrected chi connectivity index (χ4v) is 1.11. The first-order valence-corrected chi connectivity index (χ1v) is 4.12. The highest BCUT2D eigenvalue weighted by Gasteiger charge is 1.97. The van der Waals surface area contributed by atoms with E-state index in [9.17, 15) is 0 Å². The molecule has 10 heavy (non-hydrogen) atoms. The summed E-state index contributed by atoms with van der Waals surface area (Å²) in [5.74, 6) is 0. The molecule has 0 aromatic heterocycles. The van der Waals surface area contributed by atoms with Crippen molar-refractivity contribution in [3.63, 3.8) is 0 Å². The van der Waals surface area contributed by atoms with Crippen molar-refractivity contribution in [2.24, 2.45) is 4.99 Å². The van der Waals surface area contributed by atoms with Crippen molar-refractivity contribution >= 4 is 6.21 Å². The lowest BCUT2D eigenvalue weighted by atomic mass is 10.1. The predicted molar refractivity (Wildman–Crippen MR) is 45.6 cm³/mol. The van der Waals surface area contributed by atoms with Gasteiger partial charge in [-0.3, -0.25) is 4.99 Å². The predicted octanol–water partition coefficient (Wildman–Crippen LogP) is 2.58. The Balaban J connectivity index is 2.38. The van der Waals surface area contributed by atoms with E-state index < -0.39 is 0 Å². The SMILES string of the molecule is CCC/C=C1\C=NCCC1. The molecular formula is C9H15N. The van der Waals surface area contributed by atoms with Crippen molar-refractivity contribution in [1.29, 1.82) is 0 Å². The first-order valence-electron chi connectivity index (χ1n) is 4.12. The molecule has 0 atom stereocenters. The third-order valence-corrected chi connectivity index (χ3v) is 1.70. The van der Waals surface area contributed by atoms with Crippen LogP contribution in [0.5, 0.6) is 0 Å². The van der Waals surface area contributed by atoms with Gasteiger partial charge in [-0.25, -0.2) is 0 Å². The third kappa shape index (κ3) is 2.34. The minimum absolute atomic E-state index is 1.03. The monoisotopic (exact) mass is 137 g/mol. The van der Waals surface area contributed by atoms with Gasteiger partial charge in [-0.2, -0.15) is 0 Å². The minimum atomic E-state index is 1.03. The summed E-state index contributed by atoms with van der Waals surface area (Å²) in [6.07, 6.45) is 9.27. The van der Waals surface area contributed by atoms with E-state index in [1.807, 2.05) is 6.21 Å². The number of aliphatic imine (C=N–C) groups is 1. The minimum Gasteiger partial charge on any atom is -0.293 e. The molecule has 0 aromatic rings. The Hall–Kier alpha value is -0.590. The van der Waals surface area contributed by atoms with Crippen LogP contribution in [0.25, 0.3) is 0 Å². The second-order valence-corrected chi connectivity index (χ2v) is 2.71. The number of unbranched alkanes of at least 4 members (excludes halogenated alkanes) is 1. The van der Waals surface area contributed by atoms with Gasteiger partial charge in [0.15, 0.2) is 0 Å². The molecule has 0 radical (unpaired) electrons. The molecule has 0 saturated carbocycles. The van der Waals surface area contributed by atoms with Gasteiger partial charge in [-0.05, 0) is 24.8 Å². The maximum atomic E-state index is 4.22. The topological polar surface area (TPSA) is 12.4 Å². The first-order chi connectivity index (χ1) is 4.93. The number of hydrogen-bond acceptors (Lipinski definition) is 1. The maximum Gasteiger partial charge on any atom is 0.0392 e. The molecule has 0 N–H and O–H groups in total. The summed E-state index contributed by atoms with van der Waals surface area (Å²) in [6, 6.07) is 0. The highest BCUT2D eigenvalue weighted by molar-refractivity contribution is 5.79. The van der Waals surface area contributed by atoms with Gasteiger partial charge in [0.25, 0.3) is 0 Å². The highest BCUT2D eigenvalue weighted by Crippen LogP contribution is 2.09. The van der Waals surface area contributed by atoms with Gasteiger partial charge >= 0.3 is 0 Å². The lowest BCUT2D eigenvalue weighted by molar-refractivity contribution is 0.814. The Morgan fingerprint density at radius 3 is 3.20 bits per heavy atom. The van der Waals surface area contributed by atoms with Crippen molar-refractivity contribution < 1.29 is 0 Å². The van der Waals surface area contributed by atoms with E-state index in [1.54, 1.807) is 0 Å². The van der Waals surface area contributed by atoms with Crippen LogP contribution in [0.3, 0.4) is 0 Å². The normalized spacial score (nSPS) is 21.9. The quantitative estimate of drug-likeness (QED) is 0.554. The van der Waals surface area contributed by atoms with Gasteiger partial charge < -0.3 is 0 Å². The van der Waals surface area contributed by atoms with Gasteiger partial charge in [0.05, 0.1) is 0 Å². The standard InChI is InChI=1S/C9H15N/c1-2-3-5-9-6-4-7-10-8-9/h5,8H,2-4,6-7H2,1H3/b9-5-. The zero-order chi connectivity index (χ0) is 7.23. The Kier molecular flexibility index (Phi) is 3.20. The zero-order valence-electron chi connectivity index (χ0n) is 6.64. The number of allylic oxidation sites excluding steroid dienone is 2. The van der Waals surface area contributed by atoms with Crippen LogP contribution in [0.2, 0.25) is 0 Å². The first kappa shape index (κ1) is 7.52. The van der Waals surface area contributed by atoms with Crippen LogP contribution in [-0.2, 0) is 0 Å². The van der Waals surface area contributed by atoms with Gasteiger partial charge in [0.2, 0.25) is 0 Å². The lowest BCUT2D eigenvalue weighted by Crippen LogP contribution is -1.96. The van der Waals surface area contributed by atoms with Crippen LogP contribution in [0.4, 0.5) is 0 Å². The second kappa shape index (κ2) is 4.26. The number of hydrogen-bond donors (Lipinski definition) is 0. The highest BCUT2D eigenvalue weighted by atomic mass is 14.7. The van der Waals surface area contributed by atoms with E-state index in [1.165, 1.54) is 31.3 Å². The maximum absolute atomic E-state index is 4.22. The molecule has 0 fully saturated rings. The van der Waals surface area contributed by atoms with E-state index >= 15 is 0 Å². The molecule has 1 heterocycles. The molecule has 0 aromatic carbocycles. The van der Waals surface area contributed by atoms with Crippen LogP contribution in [-0.4, -0.2) is 12.8 Å². The smallest absolute Gasteiger partial charge is 0.0392 e. The van der Waals surface area contributed by atoms with Crippen LogP contribution in [0.1, 0.15) is 32.6 Å². The summed E-state index contributed by atoms with van der Waals surface area (Å²) in [7, 11) is 0. The van der Waals surface area contributed by atoms with Gasteiger partial charge in [0, 0.05) is 12.8 Å². The third-order valence-electron chi connectivity index (χ3n) is 1.70. The van der Waals surface area contributed by atoms with E-state index in [2.05, 4.69) is 18.0 Å². The fourth-order valence-electron chi connectivity index (χ4n) is 1.11. The van der Waals surface area contributed by atoms with E-state index in [4.69, 9.17) is 0 Å². The molecule has 0 saturated heterocycles. The van der Waals surface area contributed by atoms with Crippen LogP contribution >= 0.6 is 0 Å². The molecule has 0 spiro atoms. The summed E-state index contributed by atoms with van der Waals surface area (Å²) >= 11 is 0. The van der Waals surface area contributed by atoms with Crippen molar-refractivity contribution in [3.05, 3.63) is 11.6 Å². The van der Waals surface area contributed by atoms with Gasteiger partial charge in [-0.1, -0.05) is 19.4 Å². The second-order valence-electron chi connectivity index (χ2n) is 2.71. The zero-order valence-corrected chi connectivity index (χ0v) is 6.64. The molecule has 56 valence electrons. The summed E-state index contributed by atoms with van der Waals surface area (Å²) in [5, 5.41) is 0. The Morgan fingerprint density at radius 2 is 2.60 bits per heavy atom. The summed E-state index contributed by atoms with van der Waals surface area (Å²) in [6.45, 7) is 3.24. The van der Waals surface area contributed by atoms with Gasteiger partial charge in [0.1, 0.15) is 0 Å². The Bertz CT molecular complexity index is 145. The lowest BCUT2D eigenvalue weighted by Gasteiger charge is -2.05. The van der Waals surface area contributed by atoms with Crippen LogP contribution in [0, 0.1) is 0 Å². The van der Waals surface area contributed by atoms with E-state index in [-0.39, 0.29) is 0 Å².